The predicted molar refractivity (Wildman–Crippen MR) is 58.8 cm³/mol. The molecule has 0 aromatic heterocycles. The molecular formula is C12H15NO4. The predicted octanol–water partition coefficient (Wildman–Crippen LogP) is 0.789. The smallest absolute Gasteiger partial charge is 0.302 e. The van der Waals surface area contributed by atoms with Crippen molar-refractivity contribution in [3.8, 4) is 0 Å². The Balaban J connectivity index is 2.00. The van der Waals surface area contributed by atoms with Crippen molar-refractivity contribution in [2.45, 2.75) is 32.6 Å². The zero-order valence-corrected chi connectivity index (χ0v) is 9.82. The number of carbonyl (C=O) groups is 3. The Morgan fingerprint density at radius 2 is 1.71 bits per heavy atom. The number of carbonyl (C=O) groups excluding carboxylic acids is 3. The molecule has 2 amide bonds. The molecule has 0 radical (unpaired) electrons. The number of amides is 2. The zero-order valence-electron chi connectivity index (χ0n) is 9.82. The van der Waals surface area contributed by atoms with Gasteiger partial charge in [-0.05, 0) is 25.7 Å². The van der Waals surface area contributed by atoms with Gasteiger partial charge in [-0.15, -0.1) is 0 Å². The van der Waals surface area contributed by atoms with Crippen molar-refractivity contribution in [3.05, 3.63) is 11.1 Å². The number of nitrogens with zero attached hydrogens (tertiary/aromatic N) is 1. The highest BCUT2D eigenvalue weighted by molar-refractivity contribution is 6.19. The van der Waals surface area contributed by atoms with Crippen LogP contribution in [0.5, 0.6) is 0 Å². The normalized spacial score (nSPS) is 19.7. The Hall–Kier alpha value is -1.65. The van der Waals surface area contributed by atoms with Gasteiger partial charge in [0, 0.05) is 18.1 Å². The lowest BCUT2D eigenvalue weighted by Crippen LogP contribution is -2.35. The van der Waals surface area contributed by atoms with E-state index in [-0.39, 0.29) is 25.0 Å². The van der Waals surface area contributed by atoms with E-state index < -0.39 is 5.97 Å². The third-order valence-corrected chi connectivity index (χ3v) is 3.09. The van der Waals surface area contributed by atoms with Crippen LogP contribution in [0, 0.1) is 0 Å². The van der Waals surface area contributed by atoms with E-state index in [1.54, 1.807) is 0 Å². The zero-order chi connectivity index (χ0) is 12.4. The lowest BCUT2D eigenvalue weighted by Gasteiger charge is -2.14. The van der Waals surface area contributed by atoms with Gasteiger partial charge in [-0.25, -0.2) is 0 Å². The lowest BCUT2D eigenvalue weighted by atomic mass is 9.93. The van der Waals surface area contributed by atoms with E-state index >= 15 is 0 Å². The molecule has 92 valence electrons. The summed E-state index contributed by atoms with van der Waals surface area (Å²) in [6.07, 6.45) is 3.33. The number of hydrogen-bond donors (Lipinski definition) is 0. The van der Waals surface area contributed by atoms with E-state index in [0.29, 0.717) is 24.0 Å². The topological polar surface area (TPSA) is 63.7 Å². The first-order chi connectivity index (χ1) is 8.11. The maximum Gasteiger partial charge on any atom is 0.302 e. The van der Waals surface area contributed by atoms with Gasteiger partial charge in [0.1, 0.15) is 6.61 Å². The van der Waals surface area contributed by atoms with Crippen LogP contribution in [-0.2, 0) is 19.1 Å². The van der Waals surface area contributed by atoms with Crippen LogP contribution in [0.25, 0.3) is 0 Å². The third-order valence-electron chi connectivity index (χ3n) is 3.09. The monoisotopic (exact) mass is 237 g/mol. The molecule has 0 aromatic rings. The molecule has 1 aliphatic heterocycles. The standard InChI is InChI=1S/C12H15NO4/c1-8(14)17-7-6-13-11(15)9-4-2-3-5-10(9)12(13)16/h2-7H2,1H3. The van der Waals surface area contributed by atoms with Crippen LogP contribution in [0.2, 0.25) is 0 Å². The number of imide groups is 1. The molecule has 1 heterocycles. The van der Waals surface area contributed by atoms with Crippen LogP contribution in [-0.4, -0.2) is 35.8 Å². The molecule has 0 unspecified atom stereocenters. The summed E-state index contributed by atoms with van der Waals surface area (Å²) in [5.41, 5.74) is 1.34. The first-order valence-corrected chi connectivity index (χ1v) is 5.83. The summed E-state index contributed by atoms with van der Waals surface area (Å²) in [6, 6.07) is 0. The van der Waals surface area contributed by atoms with Gasteiger partial charge >= 0.3 is 5.97 Å². The van der Waals surface area contributed by atoms with Crippen LogP contribution in [0.4, 0.5) is 0 Å². The fourth-order valence-electron chi connectivity index (χ4n) is 2.28. The molecule has 0 fully saturated rings. The summed E-state index contributed by atoms with van der Waals surface area (Å²) in [4.78, 5) is 35.7. The van der Waals surface area contributed by atoms with Crippen molar-refractivity contribution < 1.29 is 19.1 Å². The largest absolute Gasteiger partial charge is 0.464 e. The fraction of sp³-hybridized carbons (Fsp3) is 0.583. The minimum atomic E-state index is -0.401. The molecule has 0 bridgehead atoms. The minimum Gasteiger partial charge on any atom is -0.464 e. The maximum atomic E-state index is 11.9. The highest BCUT2D eigenvalue weighted by Crippen LogP contribution is 2.32. The van der Waals surface area contributed by atoms with Gasteiger partial charge in [0.2, 0.25) is 0 Å². The molecule has 1 aliphatic carbocycles. The molecule has 0 saturated carbocycles. The van der Waals surface area contributed by atoms with Crippen LogP contribution in [0.3, 0.4) is 0 Å². The van der Waals surface area contributed by atoms with Crippen molar-refractivity contribution in [2.24, 2.45) is 0 Å². The van der Waals surface area contributed by atoms with Crippen molar-refractivity contribution in [1.29, 1.82) is 0 Å². The van der Waals surface area contributed by atoms with Gasteiger partial charge in [0.15, 0.2) is 0 Å². The molecule has 0 spiro atoms. The summed E-state index contributed by atoms with van der Waals surface area (Å²) in [5.74, 6) is -0.796. The molecule has 0 saturated heterocycles. The van der Waals surface area contributed by atoms with Crippen LogP contribution < -0.4 is 0 Å². The Morgan fingerprint density at radius 1 is 1.18 bits per heavy atom. The van der Waals surface area contributed by atoms with Crippen molar-refractivity contribution in [1.82, 2.24) is 4.90 Å². The van der Waals surface area contributed by atoms with E-state index in [0.717, 1.165) is 12.8 Å². The minimum absolute atomic E-state index is 0.0768. The second-order valence-corrected chi connectivity index (χ2v) is 4.27. The molecule has 2 aliphatic rings. The summed E-state index contributed by atoms with van der Waals surface area (Å²) in [6.45, 7) is 1.54. The molecule has 5 nitrogen and oxygen atoms in total. The van der Waals surface area contributed by atoms with Crippen molar-refractivity contribution >= 4 is 17.8 Å². The fourth-order valence-corrected chi connectivity index (χ4v) is 2.28. The Bertz CT molecular complexity index is 383. The van der Waals surface area contributed by atoms with Crippen molar-refractivity contribution in [3.63, 3.8) is 0 Å². The number of ether oxygens (including phenoxy) is 1. The van der Waals surface area contributed by atoms with E-state index in [9.17, 15) is 14.4 Å². The van der Waals surface area contributed by atoms with E-state index in [1.807, 2.05) is 0 Å². The summed E-state index contributed by atoms with van der Waals surface area (Å²) in [5, 5.41) is 0. The molecule has 0 N–H and O–H groups in total. The van der Waals surface area contributed by atoms with Crippen LogP contribution in [0.1, 0.15) is 32.6 Å². The molecule has 2 rings (SSSR count). The molecule has 17 heavy (non-hydrogen) atoms. The number of esters is 1. The van der Waals surface area contributed by atoms with E-state index in [2.05, 4.69) is 0 Å². The van der Waals surface area contributed by atoms with E-state index in [1.165, 1.54) is 11.8 Å². The van der Waals surface area contributed by atoms with Gasteiger partial charge in [0.05, 0.1) is 6.54 Å². The van der Waals surface area contributed by atoms with Gasteiger partial charge in [-0.3, -0.25) is 19.3 Å². The van der Waals surface area contributed by atoms with Crippen molar-refractivity contribution in [2.75, 3.05) is 13.2 Å². The first-order valence-electron chi connectivity index (χ1n) is 5.83. The Kier molecular flexibility index (Phi) is 3.26. The average Bonchev–Trinajstić information content (AvgIpc) is 2.54. The molecule has 0 aromatic carbocycles. The Labute approximate surface area is 99.4 Å². The average molecular weight is 237 g/mol. The van der Waals surface area contributed by atoms with Crippen LogP contribution >= 0.6 is 0 Å². The van der Waals surface area contributed by atoms with Gasteiger partial charge in [0.25, 0.3) is 11.8 Å². The third kappa shape index (κ3) is 2.23. The molecule has 0 atom stereocenters. The SMILES string of the molecule is CC(=O)OCCN1C(=O)C2=C(CCCC2)C1=O. The summed E-state index contributed by atoms with van der Waals surface area (Å²) in [7, 11) is 0. The number of rotatable bonds is 3. The summed E-state index contributed by atoms with van der Waals surface area (Å²) >= 11 is 0. The highest BCUT2D eigenvalue weighted by atomic mass is 16.5. The molecule has 5 heteroatoms. The van der Waals surface area contributed by atoms with Gasteiger partial charge in [-0.2, -0.15) is 0 Å². The Morgan fingerprint density at radius 3 is 2.18 bits per heavy atom. The summed E-state index contributed by atoms with van der Waals surface area (Å²) < 4.78 is 4.75. The van der Waals surface area contributed by atoms with E-state index in [4.69, 9.17) is 4.74 Å². The van der Waals surface area contributed by atoms with Gasteiger partial charge in [-0.1, -0.05) is 0 Å². The van der Waals surface area contributed by atoms with Crippen LogP contribution in [0.15, 0.2) is 11.1 Å². The lowest BCUT2D eigenvalue weighted by molar-refractivity contribution is -0.145. The number of hydrogen-bond acceptors (Lipinski definition) is 4. The second-order valence-electron chi connectivity index (χ2n) is 4.27. The quantitative estimate of drug-likeness (QED) is 0.537. The highest BCUT2D eigenvalue weighted by Gasteiger charge is 2.38. The maximum absolute atomic E-state index is 11.9. The second kappa shape index (κ2) is 4.69. The first kappa shape index (κ1) is 11.8. The van der Waals surface area contributed by atoms with Gasteiger partial charge < -0.3 is 4.74 Å². The molecular weight excluding hydrogens is 222 g/mol.